The summed E-state index contributed by atoms with van der Waals surface area (Å²) in [6.45, 7) is 5.90. The van der Waals surface area contributed by atoms with Crippen LogP contribution in [0.1, 0.15) is 25.0 Å². The maximum atomic E-state index is 10.7. The molecule has 0 saturated carbocycles. The van der Waals surface area contributed by atoms with Crippen LogP contribution >= 0.6 is 0 Å². The Morgan fingerprint density at radius 3 is 2.89 bits per heavy atom. The van der Waals surface area contributed by atoms with Crippen molar-refractivity contribution in [2.75, 3.05) is 18.4 Å². The smallest absolute Gasteiger partial charge is 0.317 e. The van der Waals surface area contributed by atoms with Crippen molar-refractivity contribution < 1.29 is 9.90 Å². The van der Waals surface area contributed by atoms with Crippen LogP contribution in [-0.2, 0) is 17.8 Å². The fourth-order valence-electron chi connectivity index (χ4n) is 2.36. The van der Waals surface area contributed by atoms with Gasteiger partial charge in [0.15, 0.2) is 0 Å². The van der Waals surface area contributed by atoms with Gasteiger partial charge in [-0.25, -0.2) is 0 Å². The SMILES string of the molecule is CC(C)Nc1ccc2c(c1)CN(CC(=O)O)CC2. The first-order valence-corrected chi connectivity index (χ1v) is 6.37. The van der Waals surface area contributed by atoms with Crippen LogP contribution in [-0.4, -0.2) is 35.1 Å². The molecule has 2 N–H and O–H groups in total. The van der Waals surface area contributed by atoms with E-state index in [4.69, 9.17) is 5.11 Å². The second kappa shape index (κ2) is 5.40. The molecule has 98 valence electrons. The molecule has 2 rings (SSSR count). The number of rotatable bonds is 4. The number of benzene rings is 1. The Bertz CT molecular complexity index is 443. The van der Waals surface area contributed by atoms with Gasteiger partial charge in [-0.3, -0.25) is 9.69 Å². The van der Waals surface area contributed by atoms with Crippen molar-refractivity contribution in [3.8, 4) is 0 Å². The van der Waals surface area contributed by atoms with E-state index in [2.05, 4.69) is 37.4 Å². The average molecular weight is 248 g/mol. The standard InChI is InChI=1S/C14H20N2O2/c1-10(2)15-13-4-3-11-5-6-16(9-14(17)18)8-12(11)7-13/h3-4,7,10,15H,5-6,8-9H2,1-2H3,(H,17,18). The van der Waals surface area contributed by atoms with Crippen molar-refractivity contribution in [3.05, 3.63) is 29.3 Å². The molecule has 4 nitrogen and oxygen atoms in total. The van der Waals surface area contributed by atoms with Crippen LogP contribution in [0.4, 0.5) is 5.69 Å². The zero-order valence-electron chi connectivity index (χ0n) is 10.9. The number of carboxylic acids is 1. The lowest BCUT2D eigenvalue weighted by Gasteiger charge is -2.28. The monoisotopic (exact) mass is 248 g/mol. The Morgan fingerprint density at radius 2 is 2.22 bits per heavy atom. The van der Waals surface area contributed by atoms with Gasteiger partial charge in [0, 0.05) is 24.8 Å². The summed E-state index contributed by atoms with van der Waals surface area (Å²) in [6, 6.07) is 6.80. The fourth-order valence-corrected chi connectivity index (χ4v) is 2.36. The third kappa shape index (κ3) is 3.23. The lowest BCUT2D eigenvalue weighted by molar-refractivity contribution is -0.138. The first-order chi connectivity index (χ1) is 8.54. The summed E-state index contributed by atoms with van der Waals surface area (Å²) in [5.74, 6) is -0.755. The van der Waals surface area contributed by atoms with Crippen molar-refractivity contribution in [1.82, 2.24) is 4.90 Å². The number of carbonyl (C=O) groups is 1. The summed E-state index contributed by atoms with van der Waals surface area (Å²) in [5.41, 5.74) is 3.69. The summed E-state index contributed by atoms with van der Waals surface area (Å²) in [7, 11) is 0. The predicted molar refractivity (Wildman–Crippen MR) is 71.8 cm³/mol. The van der Waals surface area contributed by atoms with Crippen molar-refractivity contribution in [2.45, 2.75) is 32.9 Å². The number of fused-ring (bicyclic) bond motifs is 1. The highest BCUT2D eigenvalue weighted by Gasteiger charge is 2.18. The van der Waals surface area contributed by atoms with Gasteiger partial charge in [0.25, 0.3) is 0 Å². The van der Waals surface area contributed by atoms with Gasteiger partial charge >= 0.3 is 5.97 Å². The molecule has 18 heavy (non-hydrogen) atoms. The number of anilines is 1. The zero-order chi connectivity index (χ0) is 13.1. The lowest BCUT2D eigenvalue weighted by Crippen LogP contribution is -2.34. The molecule has 1 aliphatic heterocycles. The van der Waals surface area contributed by atoms with E-state index >= 15 is 0 Å². The predicted octanol–water partition coefficient (Wildman–Crippen LogP) is 1.95. The van der Waals surface area contributed by atoms with Gasteiger partial charge in [-0.2, -0.15) is 0 Å². The van der Waals surface area contributed by atoms with E-state index in [-0.39, 0.29) is 6.54 Å². The van der Waals surface area contributed by atoms with Crippen LogP contribution in [0.2, 0.25) is 0 Å². The minimum Gasteiger partial charge on any atom is -0.480 e. The number of hydrogen-bond acceptors (Lipinski definition) is 3. The quantitative estimate of drug-likeness (QED) is 0.855. The molecule has 0 atom stereocenters. The minimum atomic E-state index is -0.755. The van der Waals surface area contributed by atoms with E-state index in [9.17, 15) is 4.79 Å². The van der Waals surface area contributed by atoms with E-state index in [1.54, 1.807) is 0 Å². The van der Waals surface area contributed by atoms with Crippen molar-refractivity contribution in [2.24, 2.45) is 0 Å². The molecule has 1 aromatic carbocycles. The number of hydrogen-bond donors (Lipinski definition) is 2. The number of carboxylic acid groups (broad SMARTS) is 1. The molecule has 0 bridgehead atoms. The third-order valence-electron chi connectivity index (χ3n) is 3.11. The summed E-state index contributed by atoms with van der Waals surface area (Å²) in [6.07, 6.45) is 0.935. The zero-order valence-corrected chi connectivity index (χ0v) is 10.9. The molecule has 0 fully saturated rings. The highest BCUT2D eigenvalue weighted by Crippen LogP contribution is 2.22. The Labute approximate surface area is 108 Å². The molecule has 0 radical (unpaired) electrons. The molecule has 4 heteroatoms. The molecule has 0 aromatic heterocycles. The maximum absolute atomic E-state index is 10.7. The van der Waals surface area contributed by atoms with Crippen LogP contribution in [0.5, 0.6) is 0 Å². The highest BCUT2D eigenvalue weighted by molar-refractivity contribution is 5.69. The molecule has 0 amide bonds. The van der Waals surface area contributed by atoms with E-state index in [0.717, 1.165) is 25.2 Å². The number of nitrogens with one attached hydrogen (secondary N) is 1. The Hall–Kier alpha value is -1.55. The van der Waals surface area contributed by atoms with Gasteiger partial charge in [-0.05, 0) is 43.5 Å². The molecule has 0 aliphatic carbocycles. The van der Waals surface area contributed by atoms with Crippen LogP contribution in [0.25, 0.3) is 0 Å². The van der Waals surface area contributed by atoms with E-state index in [1.807, 2.05) is 4.90 Å². The summed E-state index contributed by atoms with van der Waals surface area (Å²) in [4.78, 5) is 12.7. The lowest BCUT2D eigenvalue weighted by atomic mass is 9.99. The van der Waals surface area contributed by atoms with Gasteiger partial charge in [-0.1, -0.05) is 6.07 Å². The van der Waals surface area contributed by atoms with Crippen LogP contribution in [0, 0.1) is 0 Å². The summed E-state index contributed by atoms with van der Waals surface area (Å²) in [5, 5.41) is 12.2. The second-order valence-corrected chi connectivity index (χ2v) is 5.14. The minimum absolute atomic E-state index is 0.126. The van der Waals surface area contributed by atoms with E-state index in [1.165, 1.54) is 11.1 Å². The normalized spacial score (nSPS) is 15.5. The van der Waals surface area contributed by atoms with E-state index in [0.29, 0.717) is 6.04 Å². The third-order valence-corrected chi connectivity index (χ3v) is 3.11. The second-order valence-electron chi connectivity index (χ2n) is 5.14. The molecule has 0 unspecified atom stereocenters. The van der Waals surface area contributed by atoms with Crippen molar-refractivity contribution >= 4 is 11.7 Å². The first-order valence-electron chi connectivity index (χ1n) is 6.37. The maximum Gasteiger partial charge on any atom is 0.317 e. The number of nitrogens with zero attached hydrogens (tertiary/aromatic N) is 1. The molecular weight excluding hydrogens is 228 g/mol. The topological polar surface area (TPSA) is 52.6 Å². The average Bonchev–Trinajstić information content (AvgIpc) is 2.26. The molecular formula is C14H20N2O2. The highest BCUT2D eigenvalue weighted by atomic mass is 16.4. The van der Waals surface area contributed by atoms with Crippen LogP contribution in [0.15, 0.2) is 18.2 Å². The Kier molecular flexibility index (Phi) is 3.87. The number of aliphatic carboxylic acids is 1. The van der Waals surface area contributed by atoms with E-state index < -0.39 is 5.97 Å². The van der Waals surface area contributed by atoms with Gasteiger partial charge < -0.3 is 10.4 Å². The van der Waals surface area contributed by atoms with Gasteiger partial charge in [0.05, 0.1) is 6.54 Å². The van der Waals surface area contributed by atoms with Gasteiger partial charge in [-0.15, -0.1) is 0 Å². The Morgan fingerprint density at radius 1 is 1.44 bits per heavy atom. The largest absolute Gasteiger partial charge is 0.480 e. The molecule has 1 aromatic rings. The van der Waals surface area contributed by atoms with Gasteiger partial charge in [0.2, 0.25) is 0 Å². The molecule has 0 spiro atoms. The van der Waals surface area contributed by atoms with Crippen LogP contribution < -0.4 is 5.32 Å². The van der Waals surface area contributed by atoms with Crippen LogP contribution in [0.3, 0.4) is 0 Å². The molecule has 1 aliphatic rings. The first kappa shape index (κ1) is 12.9. The molecule has 0 saturated heterocycles. The fraction of sp³-hybridized carbons (Fsp3) is 0.500. The van der Waals surface area contributed by atoms with Crippen molar-refractivity contribution in [1.29, 1.82) is 0 Å². The summed E-state index contributed by atoms with van der Waals surface area (Å²) < 4.78 is 0. The summed E-state index contributed by atoms with van der Waals surface area (Å²) >= 11 is 0. The molecule has 1 heterocycles. The van der Waals surface area contributed by atoms with Gasteiger partial charge in [0.1, 0.15) is 0 Å². The van der Waals surface area contributed by atoms with Crippen molar-refractivity contribution in [3.63, 3.8) is 0 Å². The Balaban J connectivity index is 2.11.